The molecule has 2 rings (SSSR count). The van der Waals surface area contributed by atoms with Crippen molar-refractivity contribution in [2.45, 2.75) is 25.4 Å². The van der Waals surface area contributed by atoms with Gasteiger partial charge in [0.05, 0.1) is 27.4 Å². The molecule has 0 radical (unpaired) electrons. The third-order valence-corrected chi connectivity index (χ3v) is 4.20. The van der Waals surface area contributed by atoms with Gasteiger partial charge in [-0.2, -0.15) is 0 Å². The molecular weight excluding hydrogens is 368 g/mol. The summed E-state index contributed by atoms with van der Waals surface area (Å²) in [7, 11) is 4.67. The second-order valence-electron chi connectivity index (χ2n) is 5.97. The number of hydrogen-bond acceptors (Lipinski definition) is 5. The van der Waals surface area contributed by atoms with Crippen LogP contribution >= 0.6 is 12.4 Å². The number of amides is 1. The zero-order chi connectivity index (χ0) is 19.1. The van der Waals surface area contributed by atoms with Gasteiger partial charge in [-0.25, -0.2) is 0 Å². The summed E-state index contributed by atoms with van der Waals surface area (Å²) in [6.45, 7) is 1.90. The van der Waals surface area contributed by atoms with Gasteiger partial charge in [0.25, 0.3) is 0 Å². The lowest BCUT2D eigenvalue weighted by Crippen LogP contribution is -2.29. The molecule has 0 saturated carbocycles. The first kappa shape index (κ1) is 22.6. The molecule has 2 unspecified atom stereocenters. The van der Waals surface area contributed by atoms with Crippen molar-refractivity contribution < 1.29 is 19.0 Å². The van der Waals surface area contributed by atoms with Crippen molar-refractivity contribution >= 4 is 18.3 Å². The molecule has 0 aromatic heterocycles. The van der Waals surface area contributed by atoms with E-state index in [9.17, 15) is 4.79 Å². The van der Waals surface area contributed by atoms with E-state index in [0.717, 1.165) is 11.1 Å². The van der Waals surface area contributed by atoms with Gasteiger partial charge in [-0.05, 0) is 30.2 Å². The maximum Gasteiger partial charge on any atom is 0.222 e. The van der Waals surface area contributed by atoms with Gasteiger partial charge in [0.2, 0.25) is 11.7 Å². The Hall–Kier alpha value is -2.44. The largest absolute Gasteiger partial charge is 0.493 e. The average molecular weight is 395 g/mol. The standard InChI is InChI=1S/C20H26N2O4.ClH/c1-13(15-10-17(24-2)20(26-4)18(11-15)25-3)22-19(23)12-16(21)14-8-6-5-7-9-14;/h5-11,13,16H,12,21H2,1-4H3,(H,22,23);1H. The molecule has 3 N–H and O–H groups in total. The number of carbonyl (C=O) groups excluding carboxylic acids is 1. The average Bonchev–Trinajstić information content (AvgIpc) is 2.67. The van der Waals surface area contributed by atoms with Crippen LogP contribution in [0.1, 0.15) is 36.6 Å². The van der Waals surface area contributed by atoms with Gasteiger partial charge in [0.15, 0.2) is 11.5 Å². The third-order valence-electron chi connectivity index (χ3n) is 4.20. The van der Waals surface area contributed by atoms with E-state index in [1.165, 1.54) is 0 Å². The lowest BCUT2D eigenvalue weighted by Gasteiger charge is -2.20. The minimum Gasteiger partial charge on any atom is -0.493 e. The fourth-order valence-electron chi connectivity index (χ4n) is 2.75. The van der Waals surface area contributed by atoms with Crippen molar-refractivity contribution in [3.05, 3.63) is 53.6 Å². The topological polar surface area (TPSA) is 82.8 Å². The van der Waals surface area contributed by atoms with Crippen molar-refractivity contribution in [2.75, 3.05) is 21.3 Å². The summed E-state index contributed by atoms with van der Waals surface area (Å²) in [5.74, 6) is 1.49. The Morgan fingerprint density at radius 2 is 1.56 bits per heavy atom. The molecule has 0 spiro atoms. The van der Waals surface area contributed by atoms with Crippen LogP contribution < -0.4 is 25.3 Å². The maximum absolute atomic E-state index is 12.4. The van der Waals surface area contributed by atoms with Gasteiger partial charge >= 0.3 is 0 Å². The van der Waals surface area contributed by atoms with Crippen LogP contribution in [0.4, 0.5) is 0 Å². The fourth-order valence-corrected chi connectivity index (χ4v) is 2.75. The summed E-state index contributed by atoms with van der Waals surface area (Å²) < 4.78 is 16.0. The highest BCUT2D eigenvalue weighted by Gasteiger charge is 2.19. The number of nitrogens with two attached hydrogens (primary N) is 1. The first-order chi connectivity index (χ1) is 12.5. The van der Waals surface area contributed by atoms with E-state index in [4.69, 9.17) is 19.9 Å². The number of halogens is 1. The van der Waals surface area contributed by atoms with Crippen LogP contribution in [-0.4, -0.2) is 27.2 Å². The molecule has 6 nitrogen and oxygen atoms in total. The summed E-state index contributed by atoms with van der Waals surface area (Å²) in [6.07, 6.45) is 0.207. The molecule has 0 fully saturated rings. The van der Waals surface area contributed by atoms with E-state index in [0.29, 0.717) is 17.2 Å². The van der Waals surface area contributed by atoms with Crippen LogP contribution in [0.25, 0.3) is 0 Å². The Kier molecular flexibility index (Phi) is 8.91. The lowest BCUT2D eigenvalue weighted by molar-refractivity contribution is -0.122. The van der Waals surface area contributed by atoms with Gasteiger partial charge in [-0.1, -0.05) is 30.3 Å². The molecular formula is C20H27ClN2O4. The van der Waals surface area contributed by atoms with E-state index in [1.807, 2.05) is 49.4 Å². The molecule has 0 heterocycles. The number of nitrogens with one attached hydrogen (secondary N) is 1. The smallest absolute Gasteiger partial charge is 0.222 e. The zero-order valence-corrected chi connectivity index (χ0v) is 16.8. The summed E-state index contributed by atoms with van der Waals surface area (Å²) in [4.78, 5) is 12.4. The van der Waals surface area contributed by atoms with E-state index in [2.05, 4.69) is 5.32 Å². The van der Waals surface area contributed by atoms with Crippen LogP contribution in [0, 0.1) is 0 Å². The van der Waals surface area contributed by atoms with Crippen molar-refractivity contribution in [1.29, 1.82) is 0 Å². The van der Waals surface area contributed by atoms with Crippen LogP contribution in [0.3, 0.4) is 0 Å². The molecule has 7 heteroatoms. The highest BCUT2D eigenvalue weighted by atomic mass is 35.5. The molecule has 2 aromatic carbocycles. The van der Waals surface area contributed by atoms with Gasteiger partial charge in [-0.3, -0.25) is 4.79 Å². The normalized spacial score (nSPS) is 12.3. The minimum atomic E-state index is -0.344. The first-order valence-electron chi connectivity index (χ1n) is 8.40. The Balaban J connectivity index is 0.00000364. The van der Waals surface area contributed by atoms with Crippen molar-refractivity contribution in [3.8, 4) is 17.2 Å². The lowest BCUT2D eigenvalue weighted by atomic mass is 10.0. The quantitative estimate of drug-likeness (QED) is 0.717. The minimum absolute atomic E-state index is 0. The number of methoxy groups -OCH3 is 3. The van der Waals surface area contributed by atoms with E-state index in [-0.39, 0.29) is 36.8 Å². The molecule has 0 bridgehead atoms. The summed E-state index contributed by atoms with van der Waals surface area (Å²) in [5.41, 5.74) is 7.90. The van der Waals surface area contributed by atoms with Crippen molar-refractivity contribution in [1.82, 2.24) is 5.32 Å². The number of carbonyl (C=O) groups is 1. The number of ether oxygens (including phenoxy) is 3. The predicted octanol–water partition coefficient (Wildman–Crippen LogP) is 3.40. The molecule has 27 heavy (non-hydrogen) atoms. The summed E-state index contributed by atoms with van der Waals surface area (Å²) in [5, 5.41) is 2.97. The first-order valence-corrected chi connectivity index (χ1v) is 8.40. The van der Waals surface area contributed by atoms with Crippen molar-refractivity contribution in [3.63, 3.8) is 0 Å². The van der Waals surface area contributed by atoms with E-state index < -0.39 is 0 Å². The molecule has 0 aliphatic rings. The summed E-state index contributed by atoms with van der Waals surface area (Å²) in [6, 6.07) is 12.6. The highest BCUT2D eigenvalue weighted by Crippen LogP contribution is 2.39. The number of rotatable bonds is 8. The van der Waals surface area contributed by atoms with E-state index in [1.54, 1.807) is 21.3 Å². The Labute approximate surface area is 166 Å². The molecule has 0 aliphatic carbocycles. The molecule has 148 valence electrons. The van der Waals surface area contributed by atoms with Crippen LogP contribution in [0.5, 0.6) is 17.2 Å². The molecule has 0 saturated heterocycles. The van der Waals surface area contributed by atoms with Crippen LogP contribution in [-0.2, 0) is 4.79 Å². The van der Waals surface area contributed by atoms with Gasteiger partial charge in [0.1, 0.15) is 0 Å². The van der Waals surface area contributed by atoms with Gasteiger partial charge in [-0.15, -0.1) is 12.4 Å². The van der Waals surface area contributed by atoms with Crippen LogP contribution in [0.2, 0.25) is 0 Å². The molecule has 1 amide bonds. The zero-order valence-electron chi connectivity index (χ0n) is 16.0. The highest BCUT2D eigenvalue weighted by molar-refractivity contribution is 5.85. The van der Waals surface area contributed by atoms with E-state index >= 15 is 0 Å². The molecule has 2 atom stereocenters. The third kappa shape index (κ3) is 5.77. The predicted molar refractivity (Wildman–Crippen MR) is 108 cm³/mol. The monoisotopic (exact) mass is 394 g/mol. The number of benzene rings is 2. The second-order valence-corrected chi connectivity index (χ2v) is 5.97. The SMILES string of the molecule is COc1cc(C(C)NC(=O)CC(N)c2ccccc2)cc(OC)c1OC.Cl. The number of hydrogen-bond donors (Lipinski definition) is 2. The fraction of sp³-hybridized carbons (Fsp3) is 0.350. The Bertz CT molecular complexity index is 715. The maximum atomic E-state index is 12.4. The molecule has 0 aliphatic heterocycles. The van der Waals surface area contributed by atoms with Gasteiger partial charge in [0, 0.05) is 12.5 Å². The molecule has 2 aromatic rings. The van der Waals surface area contributed by atoms with Crippen molar-refractivity contribution in [2.24, 2.45) is 5.73 Å². The Morgan fingerprint density at radius 3 is 2.04 bits per heavy atom. The Morgan fingerprint density at radius 1 is 1.00 bits per heavy atom. The second kappa shape index (κ2) is 10.6. The van der Waals surface area contributed by atoms with Crippen LogP contribution in [0.15, 0.2) is 42.5 Å². The summed E-state index contributed by atoms with van der Waals surface area (Å²) >= 11 is 0. The van der Waals surface area contributed by atoms with Gasteiger partial charge < -0.3 is 25.3 Å².